The van der Waals surface area contributed by atoms with Crippen LogP contribution >= 0.6 is 0 Å². The van der Waals surface area contributed by atoms with E-state index in [1.54, 1.807) is 12.1 Å². The van der Waals surface area contributed by atoms with Gasteiger partial charge in [-0.2, -0.15) is 0 Å². The summed E-state index contributed by atoms with van der Waals surface area (Å²) in [7, 11) is 0. The van der Waals surface area contributed by atoms with Crippen LogP contribution in [0.5, 0.6) is 5.75 Å². The summed E-state index contributed by atoms with van der Waals surface area (Å²) in [5, 5.41) is 14.7. The molecule has 3 rings (SSSR count). The predicted octanol–water partition coefficient (Wildman–Crippen LogP) is 3.07. The van der Waals surface area contributed by atoms with Crippen LogP contribution < -0.4 is 5.32 Å². The van der Waals surface area contributed by atoms with Gasteiger partial charge in [-0.1, -0.05) is 30.7 Å². The van der Waals surface area contributed by atoms with Crippen molar-refractivity contribution < 1.29 is 14.7 Å². The van der Waals surface area contributed by atoms with Crippen LogP contribution in [0.1, 0.15) is 42.5 Å². The van der Waals surface area contributed by atoms with Crippen molar-refractivity contribution in [2.45, 2.75) is 32.1 Å². The molecule has 0 saturated carbocycles. The van der Waals surface area contributed by atoms with Crippen molar-refractivity contribution in [2.75, 3.05) is 19.6 Å². The van der Waals surface area contributed by atoms with Gasteiger partial charge in [0.2, 0.25) is 5.91 Å². The van der Waals surface area contributed by atoms with Gasteiger partial charge in [-0.15, -0.1) is 0 Å². The number of amides is 2. The second kappa shape index (κ2) is 8.01. The third kappa shape index (κ3) is 4.29. The number of carbonyl (C=O) groups is 2. The second-order valence-electron chi connectivity index (χ2n) is 6.52. The molecule has 2 aromatic rings. The molecule has 0 spiro atoms. The highest BCUT2D eigenvalue weighted by atomic mass is 16.3. The van der Waals surface area contributed by atoms with Crippen molar-refractivity contribution in [2.24, 2.45) is 0 Å². The molecule has 2 amide bonds. The fourth-order valence-corrected chi connectivity index (χ4v) is 3.25. The molecule has 1 aliphatic heterocycles. The van der Waals surface area contributed by atoms with Crippen molar-refractivity contribution in [3.05, 3.63) is 42.0 Å². The van der Waals surface area contributed by atoms with Gasteiger partial charge in [0.05, 0.1) is 5.56 Å². The molecule has 5 nitrogen and oxygen atoms in total. The smallest absolute Gasteiger partial charge is 0.255 e. The third-order valence-electron chi connectivity index (χ3n) is 4.67. The molecule has 0 unspecified atom stereocenters. The van der Waals surface area contributed by atoms with Crippen molar-refractivity contribution in [1.29, 1.82) is 0 Å². The van der Waals surface area contributed by atoms with Crippen molar-refractivity contribution in [3.63, 3.8) is 0 Å². The van der Waals surface area contributed by atoms with Gasteiger partial charge in [-0.25, -0.2) is 0 Å². The number of likely N-dealkylation sites (tertiary alicyclic amines) is 1. The van der Waals surface area contributed by atoms with Crippen LogP contribution in [-0.4, -0.2) is 41.5 Å². The van der Waals surface area contributed by atoms with Crippen molar-refractivity contribution in [3.8, 4) is 5.75 Å². The Bertz CT molecular complexity index is 773. The Hall–Kier alpha value is -2.56. The normalized spacial score (nSPS) is 15.2. The van der Waals surface area contributed by atoms with Crippen LogP contribution in [0.25, 0.3) is 10.8 Å². The molecule has 1 aliphatic rings. The van der Waals surface area contributed by atoms with Crippen molar-refractivity contribution in [1.82, 2.24) is 10.2 Å². The number of hydrogen-bond donors (Lipinski definition) is 2. The molecule has 0 radical (unpaired) electrons. The van der Waals surface area contributed by atoms with E-state index in [9.17, 15) is 14.7 Å². The molecular formula is C20H24N2O3. The van der Waals surface area contributed by atoms with E-state index in [2.05, 4.69) is 5.32 Å². The lowest BCUT2D eigenvalue weighted by Gasteiger charge is -2.20. The number of nitrogens with zero attached hydrogens (tertiary/aromatic N) is 1. The molecule has 0 atom stereocenters. The molecule has 1 fully saturated rings. The van der Waals surface area contributed by atoms with E-state index >= 15 is 0 Å². The number of hydrogen-bond acceptors (Lipinski definition) is 3. The first kappa shape index (κ1) is 17.3. The van der Waals surface area contributed by atoms with E-state index in [0.717, 1.165) is 36.6 Å². The van der Waals surface area contributed by atoms with E-state index in [-0.39, 0.29) is 23.1 Å². The van der Waals surface area contributed by atoms with E-state index in [4.69, 9.17) is 0 Å². The number of rotatable bonds is 5. The zero-order valence-corrected chi connectivity index (χ0v) is 14.3. The first-order valence-corrected chi connectivity index (χ1v) is 8.93. The highest BCUT2D eigenvalue weighted by Crippen LogP contribution is 2.24. The van der Waals surface area contributed by atoms with Gasteiger partial charge >= 0.3 is 0 Å². The van der Waals surface area contributed by atoms with Gasteiger partial charge in [0, 0.05) is 26.1 Å². The molecule has 1 saturated heterocycles. The molecule has 0 aromatic heterocycles. The van der Waals surface area contributed by atoms with Crippen LogP contribution in [0.3, 0.4) is 0 Å². The molecule has 25 heavy (non-hydrogen) atoms. The summed E-state index contributed by atoms with van der Waals surface area (Å²) >= 11 is 0. The van der Waals surface area contributed by atoms with Gasteiger partial charge in [0.1, 0.15) is 5.75 Å². The van der Waals surface area contributed by atoms with E-state index < -0.39 is 0 Å². The summed E-state index contributed by atoms with van der Waals surface area (Å²) in [6.45, 7) is 1.97. The second-order valence-corrected chi connectivity index (χ2v) is 6.52. The van der Waals surface area contributed by atoms with E-state index in [1.165, 1.54) is 0 Å². The molecule has 1 heterocycles. The lowest BCUT2D eigenvalue weighted by atomic mass is 10.1. The molecule has 0 aliphatic carbocycles. The summed E-state index contributed by atoms with van der Waals surface area (Å²) < 4.78 is 0. The molecular weight excluding hydrogens is 316 g/mol. The number of aromatic hydroxyl groups is 1. The lowest BCUT2D eigenvalue weighted by Crippen LogP contribution is -2.34. The first-order valence-electron chi connectivity index (χ1n) is 8.93. The number of carbonyl (C=O) groups excluding carboxylic acids is 2. The van der Waals surface area contributed by atoms with Crippen LogP contribution in [-0.2, 0) is 4.79 Å². The quantitative estimate of drug-likeness (QED) is 0.822. The zero-order chi connectivity index (χ0) is 17.6. The van der Waals surface area contributed by atoms with Gasteiger partial charge in [-0.05, 0) is 42.2 Å². The van der Waals surface area contributed by atoms with Gasteiger partial charge in [0.15, 0.2) is 0 Å². The minimum Gasteiger partial charge on any atom is -0.507 e. The van der Waals surface area contributed by atoms with Crippen LogP contribution in [0.4, 0.5) is 0 Å². The lowest BCUT2D eigenvalue weighted by molar-refractivity contribution is -0.130. The summed E-state index contributed by atoms with van der Waals surface area (Å²) in [5.41, 5.74) is 0.282. The fourth-order valence-electron chi connectivity index (χ4n) is 3.25. The third-order valence-corrected chi connectivity index (χ3v) is 4.67. The summed E-state index contributed by atoms with van der Waals surface area (Å²) in [4.78, 5) is 26.2. The zero-order valence-electron chi connectivity index (χ0n) is 14.3. The highest BCUT2D eigenvalue weighted by molar-refractivity contribution is 6.01. The number of phenolic OH excluding ortho intramolecular Hbond substituents is 1. The molecule has 5 heteroatoms. The molecule has 2 aromatic carbocycles. The van der Waals surface area contributed by atoms with Gasteiger partial charge in [-0.3, -0.25) is 9.59 Å². The fraction of sp³-hybridized carbons (Fsp3) is 0.400. The summed E-state index contributed by atoms with van der Waals surface area (Å²) in [5.74, 6) is -0.0830. The number of fused-ring (bicyclic) bond motifs is 1. The molecule has 0 bridgehead atoms. The minimum absolute atomic E-state index is 0.0149. The maximum absolute atomic E-state index is 12.3. The monoisotopic (exact) mass is 340 g/mol. The molecule has 132 valence electrons. The van der Waals surface area contributed by atoms with Crippen LogP contribution in [0, 0.1) is 0 Å². The van der Waals surface area contributed by atoms with Crippen molar-refractivity contribution >= 4 is 22.6 Å². The molecule has 2 N–H and O–H groups in total. The average Bonchev–Trinajstić information content (AvgIpc) is 2.82. The Morgan fingerprint density at radius 1 is 1.12 bits per heavy atom. The maximum Gasteiger partial charge on any atom is 0.255 e. The van der Waals surface area contributed by atoms with Crippen LogP contribution in [0.15, 0.2) is 36.4 Å². The summed E-state index contributed by atoms with van der Waals surface area (Å²) in [6.07, 6.45) is 4.50. The topological polar surface area (TPSA) is 69.6 Å². The Morgan fingerprint density at radius 3 is 2.68 bits per heavy atom. The Balaban J connectivity index is 1.54. The summed E-state index contributed by atoms with van der Waals surface area (Å²) in [6, 6.07) is 10.9. The van der Waals surface area contributed by atoms with E-state index in [0.29, 0.717) is 25.9 Å². The van der Waals surface area contributed by atoms with Gasteiger partial charge < -0.3 is 15.3 Å². The largest absolute Gasteiger partial charge is 0.507 e. The Kier molecular flexibility index (Phi) is 5.53. The number of nitrogens with one attached hydrogen (secondary N) is 1. The SMILES string of the molecule is O=C(NCCCN1CCCCCC1=O)c1cc2ccccc2cc1O. The van der Waals surface area contributed by atoms with Gasteiger partial charge in [0.25, 0.3) is 5.91 Å². The van der Waals surface area contributed by atoms with E-state index in [1.807, 2.05) is 29.2 Å². The Labute approximate surface area is 147 Å². The maximum atomic E-state index is 12.3. The highest BCUT2D eigenvalue weighted by Gasteiger charge is 2.16. The predicted molar refractivity (Wildman–Crippen MR) is 97.6 cm³/mol. The number of benzene rings is 2. The van der Waals surface area contributed by atoms with Crippen LogP contribution in [0.2, 0.25) is 0 Å². The minimum atomic E-state index is -0.287. The first-order chi connectivity index (χ1) is 12.1. The number of phenols is 1. The average molecular weight is 340 g/mol. The standard InChI is InChI=1S/C20H24N2O3/c23-18-14-16-8-4-3-7-15(16)13-17(18)20(25)21-10-6-12-22-11-5-1-2-9-19(22)24/h3-4,7-8,13-14,23H,1-2,5-6,9-12H2,(H,21,25). The Morgan fingerprint density at radius 2 is 1.88 bits per heavy atom.